The highest BCUT2D eigenvalue weighted by Gasteiger charge is 2.53. The summed E-state index contributed by atoms with van der Waals surface area (Å²) in [6, 6.07) is 12.3. The second-order valence-corrected chi connectivity index (χ2v) is 9.01. The lowest BCUT2D eigenvalue weighted by atomic mass is 9.75. The van der Waals surface area contributed by atoms with E-state index in [4.69, 9.17) is 14.5 Å². The van der Waals surface area contributed by atoms with Gasteiger partial charge in [0.05, 0.1) is 5.69 Å². The zero-order valence-electron chi connectivity index (χ0n) is 17.1. The smallest absolute Gasteiger partial charge is 0.231 e. The second kappa shape index (κ2) is 6.99. The zero-order chi connectivity index (χ0) is 19.4. The number of ether oxygens (including phenoxy) is 2. The number of aryl methyl sites for hydroxylation is 1. The van der Waals surface area contributed by atoms with E-state index in [1.54, 1.807) is 0 Å². The van der Waals surface area contributed by atoms with Gasteiger partial charge < -0.3 is 9.47 Å². The monoisotopic (exact) mass is 391 g/mol. The van der Waals surface area contributed by atoms with Crippen LogP contribution in [0.25, 0.3) is 0 Å². The van der Waals surface area contributed by atoms with Gasteiger partial charge in [-0.25, -0.2) is 0 Å². The van der Waals surface area contributed by atoms with Crippen LogP contribution in [-0.4, -0.2) is 53.3 Å². The molecule has 0 N–H and O–H groups in total. The number of rotatable bonds is 4. The Morgan fingerprint density at radius 2 is 1.90 bits per heavy atom. The fourth-order valence-corrected chi connectivity index (χ4v) is 6.13. The molecule has 0 amide bonds. The van der Waals surface area contributed by atoms with Gasteiger partial charge >= 0.3 is 0 Å². The number of likely N-dealkylation sites (tertiary alicyclic amines) is 1. The average molecular weight is 392 g/mol. The fraction of sp³-hybridized carbons (Fsp3) is 0.542. The van der Waals surface area contributed by atoms with E-state index in [1.165, 1.54) is 42.8 Å². The summed E-state index contributed by atoms with van der Waals surface area (Å²) in [6.45, 7) is 7.09. The Labute approximate surface area is 172 Å². The van der Waals surface area contributed by atoms with Crippen molar-refractivity contribution < 1.29 is 9.47 Å². The van der Waals surface area contributed by atoms with Crippen LogP contribution >= 0.6 is 0 Å². The quantitative estimate of drug-likeness (QED) is 0.798. The maximum atomic E-state index is 5.68. The van der Waals surface area contributed by atoms with Crippen molar-refractivity contribution in [3.05, 3.63) is 53.3 Å². The van der Waals surface area contributed by atoms with E-state index in [0.29, 0.717) is 24.8 Å². The predicted octanol–water partition coefficient (Wildman–Crippen LogP) is 3.43. The first kappa shape index (κ1) is 17.7. The molecule has 152 valence electrons. The summed E-state index contributed by atoms with van der Waals surface area (Å²) < 4.78 is 11.2. The Kier molecular flexibility index (Phi) is 4.27. The molecule has 1 aromatic carbocycles. The molecule has 5 aliphatic heterocycles. The number of fused-ring (bicyclic) bond motifs is 3. The van der Waals surface area contributed by atoms with E-state index in [1.807, 2.05) is 0 Å². The summed E-state index contributed by atoms with van der Waals surface area (Å²) in [5.41, 5.74) is 3.91. The van der Waals surface area contributed by atoms with Crippen molar-refractivity contribution in [2.24, 2.45) is 5.92 Å². The van der Waals surface area contributed by atoms with Crippen molar-refractivity contribution in [1.29, 1.82) is 0 Å². The second-order valence-electron chi connectivity index (χ2n) is 9.01. The molecule has 4 fully saturated rings. The molecule has 5 aliphatic rings. The topological polar surface area (TPSA) is 37.8 Å². The predicted molar refractivity (Wildman–Crippen MR) is 111 cm³/mol. The molecule has 1 aromatic heterocycles. The number of pyridine rings is 1. The molecule has 3 atom stereocenters. The lowest BCUT2D eigenvalue weighted by molar-refractivity contribution is -0.00898. The summed E-state index contributed by atoms with van der Waals surface area (Å²) in [6.07, 6.45) is 5.78. The van der Waals surface area contributed by atoms with Crippen LogP contribution in [0, 0.1) is 5.92 Å². The minimum atomic E-state index is 0.343. The average Bonchev–Trinajstić information content (AvgIpc) is 3.40. The third-order valence-electron chi connectivity index (χ3n) is 7.58. The summed E-state index contributed by atoms with van der Waals surface area (Å²) in [7, 11) is 0. The van der Waals surface area contributed by atoms with Gasteiger partial charge in [-0.1, -0.05) is 19.1 Å². The summed E-state index contributed by atoms with van der Waals surface area (Å²) in [5.74, 6) is 3.13. The van der Waals surface area contributed by atoms with Crippen molar-refractivity contribution in [2.45, 2.75) is 50.7 Å². The molecule has 5 nitrogen and oxygen atoms in total. The highest BCUT2D eigenvalue weighted by molar-refractivity contribution is 5.46. The van der Waals surface area contributed by atoms with Gasteiger partial charge in [0.25, 0.3) is 0 Å². The zero-order valence-corrected chi connectivity index (χ0v) is 17.1. The summed E-state index contributed by atoms with van der Waals surface area (Å²) in [4.78, 5) is 10.2. The van der Waals surface area contributed by atoms with Crippen LogP contribution < -0.4 is 9.47 Å². The minimum Gasteiger partial charge on any atom is -0.454 e. The Morgan fingerprint density at radius 3 is 2.69 bits per heavy atom. The number of aromatic nitrogens is 1. The Bertz CT molecular complexity index is 891. The van der Waals surface area contributed by atoms with Crippen LogP contribution in [-0.2, 0) is 13.0 Å². The van der Waals surface area contributed by atoms with Crippen LogP contribution in [0.1, 0.15) is 42.5 Å². The van der Waals surface area contributed by atoms with Gasteiger partial charge in [-0.05, 0) is 67.6 Å². The maximum Gasteiger partial charge on any atom is 0.231 e. The maximum absolute atomic E-state index is 5.68. The first-order valence-corrected chi connectivity index (χ1v) is 11.1. The van der Waals surface area contributed by atoms with Crippen molar-refractivity contribution >= 4 is 0 Å². The van der Waals surface area contributed by atoms with Crippen LogP contribution in [0.4, 0.5) is 0 Å². The highest BCUT2D eigenvalue weighted by atomic mass is 16.7. The summed E-state index contributed by atoms with van der Waals surface area (Å²) in [5, 5.41) is 0. The standard InChI is InChI=1S/C24H29N3O2/c1-2-16-3-5-19(25-12-16)13-27-14-20(18-4-6-21-22(11-18)29-15-28-21)24-23(27)17-7-9-26(24)10-8-17/h3-6,11-12,17,20,23-24H,2,7-10,13-15H2,1H3/t20-,23+,24+/m0/s1. The lowest BCUT2D eigenvalue weighted by Crippen LogP contribution is -2.60. The fourth-order valence-electron chi connectivity index (χ4n) is 6.13. The number of hydrogen-bond donors (Lipinski definition) is 0. The molecule has 5 heteroatoms. The Balaban J connectivity index is 1.31. The summed E-state index contributed by atoms with van der Waals surface area (Å²) >= 11 is 0. The molecule has 2 bridgehead atoms. The molecule has 0 saturated carbocycles. The molecule has 29 heavy (non-hydrogen) atoms. The van der Waals surface area contributed by atoms with E-state index < -0.39 is 0 Å². The van der Waals surface area contributed by atoms with Crippen LogP contribution in [0.5, 0.6) is 11.5 Å². The van der Waals surface area contributed by atoms with Crippen molar-refractivity contribution in [1.82, 2.24) is 14.8 Å². The number of hydrogen-bond acceptors (Lipinski definition) is 5. The SMILES string of the molecule is CCc1ccc(CN2C[C@@H](c3ccc4c(c3)OCO4)[C@@H]3[C@H]2C2CCN3CC2)nc1. The third kappa shape index (κ3) is 2.94. The van der Waals surface area contributed by atoms with E-state index in [0.717, 1.165) is 36.9 Å². The van der Waals surface area contributed by atoms with Crippen molar-refractivity contribution in [3.8, 4) is 11.5 Å². The van der Waals surface area contributed by atoms with Crippen molar-refractivity contribution in [3.63, 3.8) is 0 Å². The molecule has 0 unspecified atom stereocenters. The third-order valence-corrected chi connectivity index (χ3v) is 7.58. The van der Waals surface area contributed by atoms with Crippen molar-refractivity contribution in [2.75, 3.05) is 26.4 Å². The Hall–Kier alpha value is -2.11. The lowest BCUT2D eigenvalue weighted by Gasteiger charge is -2.51. The van der Waals surface area contributed by atoms with Gasteiger partial charge in [-0.15, -0.1) is 0 Å². The van der Waals surface area contributed by atoms with Crippen LogP contribution in [0.15, 0.2) is 36.5 Å². The molecule has 4 saturated heterocycles. The minimum absolute atomic E-state index is 0.343. The van der Waals surface area contributed by atoms with Gasteiger partial charge in [0.1, 0.15) is 0 Å². The highest BCUT2D eigenvalue weighted by Crippen LogP contribution is 2.48. The number of piperidine rings is 3. The molecule has 6 heterocycles. The van der Waals surface area contributed by atoms with Gasteiger partial charge in [-0.2, -0.15) is 0 Å². The van der Waals surface area contributed by atoms with E-state index in [-0.39, 0.29) is 0 Å². The van der Waals surface area contributed by atoms with Gasteiger partial charge in [0.2, 0.25) is 6.79 Å². The first-order valence-electron chi connectivity index (χ1n) is 11.1. The molecule has 0 spiro atoms. The molecular weight excluding hydrogens is 362 g/mol. The molecule has 7 rings (SSSR count). The number of nitrogens with zero attached hydrogens (tertiary/aromatic N) is 3. The van der Waals surface area contributed by atoms with Crippen LogP contribution in [0.3, 0.4) is 0 Å². The van der Waals surface area contributed by atoms with E-state index in [9.17, 15) is 0 Å². The van der Waals surface area contributed by atoms with E-state index in [2.05, 4.69) is 53.3 Å². The van der Waals surface area contributed by atoms with Gasteiger partial charge in [0.15, 0.2) is 11.5 Å². The van der Waals surface area contributed by atoms with Gasteiger partial charge in [0, 0.05) is 37.3 Å². The molecular formula is C24H29N3O2. The van der Waals surface area contributed by atoms with Crippen LogP contribution in [0.2, 0.25) is 0 Å². The molecule has 0 radical (unpaired) electrons. The molecule has 2 aromatic rings. The normalized spacial score (nSPS) is 32.5. The van der Waals surface area contributed by atoms with E-state index >= 15 is 0 Å². The number of benzene rings is 1. The van der Waals surface area contributed by atoms with Gasteiger partial charge in [-0.3, -0.25) is 14.8 Å². The largest absolute Gasteiger partial charge is 0.454 e. The first-order chi connectivity index (χ1) is 14.3. The Morgan fingerprint density at radius 1 is 1.03 bits per heavy atom. The molecule has 0 aliphatic carbocycles.